The quantitative estimate of drug-likeness (QED) is 0.840. The molecule has 98 valence electrons. The van der Waals surface area contributed by atoms with Crippen LogP contribution in [0.3, 0.4) is 0 Å². The van der Waals surface area contributed by atoms with Crippen LogP contribution in [0.2, 0.25) is 0 Å². The van der Waals surface area contributed by atoms with E-state index in [9.17, 15) is 4.79 Å². The summed E-state index contributed by atoms with van der Waals surface area (Å²) in [4.78, 5) is 16.8. The number of carbonyl (C=O) groups is 1. The predicted molar refractivity (Wildman–Crippen MR) is 82.3 cm³/mol. The molecule has 3 nitrogen and oxygen atoms in total. The zero-order chi connectivity index (χ0) is 13.5. The van der Waals surface area contributed by atoms with Gasteiger partial charge in [-0.15, -0.1) is 11.8 Å². The van der Waals surface area contributed by atoms with Crippen molar-refractivity contribution in [2.75, 3.05) is 11.1 Å². The smallest absolute Gasteiger partial charge is 0.225 e. The first kappa shape index (κ1) is 14.1. The van der Waals surface area contributed by atoms with E-state index in [2.05, 4.69) is 26.2 Å². The number of aromatic nitrogens is 1. The summed E-state index contributed by atoms with van der Waals surface area (Å²) in [6, 6.07) is 11.6. The Morgan fingerprint density at radius 3 is 2.53 bits per heavy atom. The molecule has 0 fully saturated rings. The van der Waals surface area contributed by atoms with Crippen LogP contribution in [0, 0.1) is 0 Å². The van der Waals surface area contributed by atoms with E-state index in [1.54, 1.807) is 36.3 Å². The van der Waals surface area contributed by atoms with E-state index in [0.29, 0.717) is 6.42 Å². The number of rotatable bonds is 5. The molecule has 19 heavy (non-hydrogen) atoms. The first-order chi connectivity index (χ1) is 9.24. The molecule has 0 aliphatic heterocycles. The van der Waals surface area contributed by atoms with E-state index >= 15 is 0 Å². The fraction of sp³-hybridized carbons (Fsp3) is 0.143. The van der Waals surface area contributed by atoms with Crippen LogP contribution in [0.25, 0.3) is 0 Å². The van der Waals surface area contributed by atoms with Gasteiger partial charge in [-0.1, -0.05) is 15.9 Å². The summed E-state index contributed by atoms with van der Waals surface area (Å²) in [6.45, 7) is 0. The lowest BCUT2D eigenvalue weighted by Crippen LogP contribution is -2.12. The Morgan fingerprint density at radius 1 is 1.16 bits per heavy atom. The second-order valence-electron chi connectivity index (χ2n) is 3.84. The minimum absolute atomic E-state index is 0.0239. The van der Waals surface area contributed by atoms with Gasteiger partial charge in [-0.25, -0.2) is 0 Å². The van der Waals surface area contributed by atoms with Crippen molar-refractivity contribution in [1.82, 2.24) is 4.98 Å². The zero-order valence-electron chi connectivity index (χ0n) is 10.2. The zero-order valence-corrected chi connectivity index (χ0v) is 12.6. The third-order valence-corrected chi connectivity index (χ3v) is 3.92. The summed E-state index contributed by atoms with van der Waals surface area (Å²) in [5.41, 5.74) is 0.786. The van der Waals surface area contributed by atoms with Crippen molar-refractivity contribution >= 4 is 39.3 Å². The van der Waals surface area contributed by atoms with Crippen LogP contribution in [0.1, 0.15) is 6.42 Å². The fourth-order valence-electron chi connectivity index (χ4n) is 1.45. The van der Waals surface area contributed by atoms with Crippen molar-refractivity contribution in [3.05, 3.63) is 53.3 Å². The van der Waals surface area contributed by atoms with Crippen LogP contribution in [-0.4, -0.2) is 16.6 Å². The van der Waals surface area contributed by atoms with Gasteiger partial charge < -0.3 is 5.32 Å². The van der Waals surface area contributed by atoms with E-state index in [1.807, 2.05) is 24.3 Å². The number of carbonyl (C=O) groups excluding carboxylic acids is 1. The summed E-state index contributed by atoms with van der Waals surface area (Å²) in [5, 5.41) is 2.84. The average molecular weight is 337 g/mol. The van der Waals surface area contributed by atoms with E-state index in [4.69, 9.17) is 0 Å². The lowest BCUT2D eigenvalue weighted by molar-refractivity contribution is -0.115. The number of amides is 1. The molecule has 0 aliphatic carbocycles. The van der Waals surface area contributed by atoms with Gasteiger partial charge in [0.15, 0.2) is 0 Å². The van der Waals surface area contributed by atoms with E-state index in [-0.39, 0.29) is 5.91 Å². The summed E-state index contributed by atoms with van der Waals surface area (Å²) in [5.74, 6) is 0.786. The number of nitrogens with zero attached hydrogens (tertiary/aromatic N) is 1. The number of anilines is 1. The predicted octanol–water partition coefficient (Wildman–Crippen LogP) is 3.97. The Bertz CT molecular complexity index is 531. The molecule has 0 saturated heterocycles. The molecule has 2 aromatic rings. The maximum Gasteiger partial charge on any atom is 0.225 e. The van der Waals surface area contributed by atoms with Crippen LogP contribution >= 0.6 is 27.7 Å². The molecule has 1 aromatic heterocycles. The van der Waals surface area contributed by atoms with Crippen molar-refractivity contribution in [3.63, 3.8) is 0 Å². The van der Waals surface area contributed by atoms with Crippen molar-refractivity contribution in [2.24, 2.45) is 0 Å². The molecule has 2 rings (SSSR count). The second-order valence-corrected chi connectivity index (χ2v) is 5.92. The highest BCUT2D eigenvalue weighted by Gasteiger charge is 2.02. The lowest BCUT2D eigenvalue weighted by atomic mass is 10.4. The van der Waals surface area contributed by atoms with Crippen LogP contribution in [0.5, 0.6) is 0 Å². The lowest BCUT2D eigenvalue weighted by Gasteiger charge is -2.04. The number of hydrogen-bond donors (Lipinski definition) is 1. The highest BCUT2D eigenvalue weighted by atomic mass is 79.9. The van der Waals surface area contributed by atoms with E-state index in [0.717, 1.165) is 15.9 Å². The molecule has 0 unspecified atom stereocenters. The first-order valence-electron chi connectivity index (χ1n) is 5.82. The van der Waals surface area contributed by atoms with Crippen LogP contribution in [0.15, 0.2) is 58.2 Å². The monoisotopic (exact) mass is 336 g/mol. The van der Waals surface area contributed by atoms with Crippen molar-refractivity contribution in [2.45, 2.75) is 11.3 Å². The molecule has 0 radical (unpaired) electrons. The van der Waals surface area contributed by atoms with Gasteiger partial charge in [0.25, 0.3) is 0 Å². The summed E-state index contributed by atoms with van der Waals surface area (Å²) >= 11 is 5.07. The van der Waals surface area contributed by atoms with Gasteiger partial charge in [-0.05, 0) is 36.4 Å². The standard InChI is InChI=1S/C14H13BrN2OS/c15-11-1-3-13(4-2-11)19-10-7-14(18)17-12-5-8-16-9-6-12/h1-6,8-9H,7,10H2,(H,16,17,18). The Kier molecular flexibility index (Phi) is 5.42. The molecule has 5 heteroatoms. The summed E-state index contributed by atoms with van der Waals surface area (Å²) in [7, 11) is 0. The minimum atomic E-state index is 0.0239. The van der Waals surface area contributed by atoms with Gasteiger partial charge in [0.1, 0.15) is 0 Å². The normalized spacial score (nSPS) is 10.2. The van der Waals surface area contributed by atoms with Gasteiger partial charge in [0.05, 0.1) is 0 Å². The Hall–Kier alpha value is -1.33. The maximum atomic E-state index is 11.7. The van der Waals surface area contributed by atoms with Crippen LogP contribution in [0.4, 0.5) is 5.69 Å². The second kappa shape index (κ2) is 7.31. The average Bonchev–Trinajstić information content (AvgIpc) is 2.42. The van der Waals surface area contributed by atoms with Gasteiger partial charge in [0.2, 0.25) is 5.91 Å². The molecule has 0 saturated carbocycles. The highest BCUT2D eigenvalue weighted by molar-refractivity contribution is 9.10. The Balaban J connectivity index is 1.74. The van der Waals surface area contributed by atoms with Gasteiger partial charge in [0, 0.05) is 39.6 Å². The largest absolute Gasteiger partial charge is 0.326 e. The minimum Gasteiger partial charge on any atom is -0.326 e. The maximum absolute atomic E-state index is 11.7. The van der Waals surface area contributed by atoms with Gasteiger partial charge in [-0.3, -0.25) is 9.78 Å². The van der Waals surface area contributed by atoms with Crippen molar-refractivity contribution in [1.29, 1.82) is 0 Å². The van der Waals surface area contributed by atoms with Crippen LogP contribution in [-0.2, 0) is 4.79 Å². The molecular formula is C14H13BrN2OS. The van der Waals surface area contributed by atoms with Crippen molar-refractivity contribution < 1.29 is 4.79 Å². The Morgan fingerprint density at radius 2 is 1.84 bits per heavy atom. The molecule has 0 atom stereocenters. The first-order valence-corrected chi connectivity index (χ1v) is 7.60. The third kappa shape index (κ3) is 5.04. The van der Waals surface area contributed by atoms with Gasteiger partial charge in [-0.2, -0.15) is 0 Å². The molecule has 1 amide bonds. The molecular weight excluding hydrogens is 324 g/mol. The third-order valence-electron chi connectivity index (χ3n) is 2.38. The number of nitrogens with one attached hydrogen (secondary N) is 1. The number of halogens is 1. The number of pyridine rings is 1. The summed E-state index contributed by atoms with van der Waals surface area (Å²) in [6.07, 6.45) is 3.81. The fourth-order valence-corrected chi connectivity index (χ4v) is 2.57. The SMILES string of the molecule is O=C(CCSc1ccc(Br)cc1)Nc1ccncc1. The molecule has 1 heterocycles. The van der Waals surface area contributed by atoms with Crippen molar-refractivity contribution in [3.8, 4) is 0 Å². The molecule has 0 aliphatic rings. The van der Waals surface area contributed by atoms with E-state index < -0.39 is 0 Å². The number of thioether (sulfide) groups is 1. The molecule has 1 N–H and O–H groups in total. The molecule has 0 bridgehead atoms. The summed E-state index contributed by atoms with van der Waals surface area (Å²) < 4.78 is 1.06. The molecule has 0 spiro atoms. The molecule has 1 aromatic carbocycles. The number of benzene rings is 1. The van der Waals surface area contributed by atoms with Gasteiger partial charge >= 0.3 is 0 Å². The van der Waals surface area contributed by atoms with E-state index in [1.165, 1.54) is 4.90 Å². The highest BCUT2D eigenvalue weighted by Crippen LogP contribution is 2.21. The Labute approximate surface area is 125 Å². The topological polar surface area (TPSA) is 42.0 Å². The van der Waals surface area contributed by atoms with Crippen LogP contribution < -0.4 is 5.32 Å². The number of hydrogen-bond acceptors (Lipinski definition) is 3.